The second kappa shape index (κ2) is 7.83. The number of cyclic esters (lactones) is 2. The number of ketones is 1. The molecular formula is C20H20O5. The molecule has 0 spiro atoms. The summed E-state index contributed by atoms with van der Waals surface area (Å²) in [6.45, 7) is 0. The van der Waals surface area contributed by atoms with E-state index >= 15 is 0 Å². The summed E-state index contributed by atoms with van der Waals surface area (Å²) in [7, 11) is 1.56. The van der Waals surface area contributed by atoms with Crippen molar-refractivity contribution >= 4 is 11.9 Å². The van der Waals surface area contributed by atoms with Crippen molar-refractivity contribution in [3.63, 3.8) is 0 Å². The lowest BCUT2D eigenvalue weighted by Gasteiger charge is -2.14. The first kappa shape index (κ1) is 17.0. The van der Waals surface area contributed by atoms with Gasteiger partial charge in [0.25, 0.3) is 0 Å². The molecule has 2 aromatic rings. The maximum atomic E-state index is 12.6. The van der Waals surface area contributed by atoms with Crippen LogP contribution < -0.4 is 4.74 Å². The maximum absolute atomic E-state index is 12.6. The summed E-state index contributed by atoms with van der Waals surface area (Å²) < 4.78 is 15.4. The molecule has 0 N–H and O–H groups in total. The molecule has 1 aliphatic rings. The second-order valence-corrected chi connectivity index (χ2v) is 5.92. The van der Waals surface area contributed by atoms with Crippen molar-refractivity contribution in [2.45, 2.75) is 31.5 Å². The molecule has 1 heterocycles. The molecule has 25 heavy (non-hydrogen) atoms. The van der Waals surface area contributed by atoms with E-state index in [9.17, 15) is 9.59 Å². The van der Waals surface area contributed by atoms with E-state index in [1.165, 1.54) is 5.56 Å². The van der Waals surface area contributed by atoms with Crippen LogP contribution in [0.15, 0.2) is 54.6 Å². The molecule has 0 aliphatic carbocycles. The largest absolute Gasteiger partial charge is 0.509 e. The number of aryl methyl sites for hydroxylation is 1. The third-order valence-corrected chi connectivity index (χ3v) is 4.24. The van der Waals surface area contributed by atoms with Gasteiger partial charge >= 0.3 is 6.16 Å². The van der Waals surface area contributed by atoms with E-state index in [4.69, 9.17) is 14.2 Å². The summed E-state index contributed by atoms with van der Waals surface area (Å²) >= 11 is 0. The number of hydrogen-bond donors (Lipinski definition) is 0. The van der Waals surface area contributed by atoms with Crippen molar-refractivity contribution in [1.82, 2.24) is 0 Å². The number of hydrogen-bond acceptors (Lipinski definition) is 5. The first-order chi connectivity index (χ1) is 12.2. The van der Waals surface area contributed by atoms with Crippen molar-refractivity contribution in [2.75, 3.05) is 7.11 Å². The van der Waals surface area contributed by atoms with Crippen LogP contribution in [-0.4, -0.2) is 31.3 Å². The Balaban J connectivity index is 1.62. The topological polar surface area (TPSA) is 61.8 Å². The van der Waals surface area contributed by atoms with Crippen LogP contribution in [0.2, 0.25) is 0 Å². The highest BCUT2D eigenvalue weighted by atomic mass is 16.8. The SMILES string of the molecule is COc1ccc(C(=O)[C@@H]2OC(=O)O[C@@H]2CCCc2ccccc2)cc1. The highest BCUT2D eigenvalue weighted by Gasteiger charge is 2.41. The van der Waals surface area contributed by atoms with Crippen LogP contribution in [0.3, 0.4) is 0 Å². The standard InChI is InChI=1S/C20H20O5/c1-23-16-12-10-15(11-13-16)18(21)19-17(24-20(22)25-19)9-5-8-14-6-3-2-4-7-14/h2-4,6-7,10-13,17,19H,5,8-9H2,1H3/t17-,19-/m1/s1. The maximum Gasteiger partial charge on any atom is 0.509 e. The van der Waals surface area contributed by atoms with Crippen molar-refractivity contribution in [1.29, 1.82) is 0 Å². The van der Waals surface area contributed by atoms with Gasteiger partial charge in [-0.25, -0.2) is 4.79 Å². The molecule has 0 unspecified atom stereocenters. The fraction of sp³-hybridized carbons (Fsp3) is 0.300. The predicted molar refractivity (Wildman–Crippen MR) is 91.8 cm³/mol. The van der Waals surface area contributed by atoms with Crippen LogP contribution >= 0.6 is 0 Å². The fourth-order valence-electron chi connectivity index (χ4n) is 2.90. The van der Waals surface area contributed by atoms with Gasteiger partial charge in [-0.1, -0.05) is 30.3 Å². The van der Waals surface area contributed by atoms with Crippen LogP contribution in [0.25, 0.3) is 0 Å². The lowest BCUT2D eigenvalue weighted by Crippen LogP contribution is -2.31. The van der Waals surface area contributed by atoms with Gasteiger partial charge in [0.15, 0.2) is 0 Å². The minimum Gasteiger partial charge on any atom is -0.497 e. The minimum absolute atomic E-state index is 0.252. The molecule has 5 nitrogen and oxygen atoms in total. The normalized spacial score (nSPS) is 19.2. The Morgan fingerprint density at radius 1 is 1.04 bits per heavy atom. The van der Waals surface area contributed by atoms with Crippen LogP contribution in [0.1, 0.15) is 28.8 Å². The van der Waals surface area contributed by atoms with Crippen molar-refractivity contribution in [2.24, 2.45) is 0 Å². The summed E-state index contributed by atoms with van der Waals surface area (Å²) in [5.74, 6) is 0.411. The molecule has 2 aromatic carbocycles. The number of ether oxygens (including phenoxy) is 3. The van der Waals surface area contributed by atoms with Gasteiger partial charge in [0.1, 0.15) is 11.9 Å². The van der Waals surface area contributed by atoms with Crippen LogP contribution in [-0.2, 0) is 15.9 Å². The highest BCUT2D eigenvalue weighted by Crippen LogP contribution is 2.24. The lowest BCUT2D eigenvalue weighted by molar-refractivity contribution is 0.0708. The summed E-state index contributed by atoms with van der Waals surface area (Å²) in [5.41, 5.74) is 1.68. The zero-order chi connectivity index (χ0) is 17.6. The van der Waals surface area contributed by atoms with Crippen LogP contribution in [0, 0.1) is 0 Å². The van der Waals surface area contributed by atoms with Gasteiger partial charge in [0.2, 0.25) is 11.9 Å². The quantitative estimate of drug-likeness (QED) is 0.567. The predicted octanol–water partition coefficient (Wildman–Crippen LogP) is 3.80. The Morgan fingerprint density at radius 2 is 1.76 bits per heavy atom. The van der Waals surface area contributed by atoms with Gasteiger partial charge in [0.05, 0.1) is 7.11 Å². The average Bonchev–Trinajstić information content (AvgIpc) is 3.02. The molecule has 0 radical (unpaired) electrons. The van der Waals surface area contributed by atoms with E-state index in [-0.39, 0.29) is 5.78 Å². The van der Waals surface area contributed by atoms with Crippen molar-refractivity contribution in [3.8, 4) is 5.75 Å². The number of methoxy groups -OCH3 is 1. The fourth-order valence-corrected chi connectivity index (χ4v) is 2.90. The molecule has 1 saturated heterocycles. The van der Waals surface area contributed by atoms with Crippen molar-refractivity contribution in [3.05, 3.63) is 65.7 Å². The minimum atomic E-state index is -0.892. The first-order valence-corrected chi connectivity index (χ1v) is 8.27. The van der Waals surface area contributed by atoms with E-state index in [0.29, 0.717) is 17.7 Å². The summed E-state index contributed by atoms with van der Waals surface area (Å²) in [4.78, 5) is 24.2. The number of carbonyl (C=O) groups excluding carboxylic acids is 2. The molecule has 130 valence electrons. The molecular weight excluding hydrogens is 320 g/mol. The molecule has 2 atom stereocenters. The van der Waals surface area contributed by atoms with Gasteiger partial charge in [0, 0.05) is 5.56 Å². The molecule has 0 aromatic heterocycles. The van der Waals surface area contributed by atoms with Gasteiger partial charge in [-0.3, -0.25) is 4.79 Å². The Labute approximate surface area is 146 Å². The van der Waals surface area contributed by atoms with E-state index in [1.807, 2.05) is 18.2 Å². The molecule has 1 fully saturated rings. The van der Waals surface area contributed by atoms with Gasteiger partial charge in [-0.2, -0.15) is 0 Å². The second-order valence-electron chi connectivity index (χ2n) is 5.92. The number of Topliss-reactive ketones (excluding diaryl/α,β-unsaturated/α-hetero) is 1. The Kier molecular flexibility index (Phi) is 5.33. The van der Waals surface area contributed by atoms with Crippen LogP contribution in [0.4, 0.5) is 4.79 Å². The van der Waals surface area contributed by atoms with E-state index in [1.54, 1.807) is 31.4 Å². The summed E-state index contributed by atoms with van der Waals surface area (Å²) in [5, 5.41) is 0. The van der Waals surface area contributed by atoms with Gasteiger partial charge < -0.3 is 14.2 Å². The van der Waals surface area contributed by atoms with Gasteiger partial charge in [-0.15, -0.1) is 0 Å². The molecule has 1 aliphatic heterocycles. The van der Waals surface area contributed by atoms with Crippen LogP contribution in [0.5, 0.6) is 5.75 Å². The molecule has 0 saturated carbocycles. The third kappa shape index (κ3) is 4.18. The van der Waals surface area contributed by atoms with E-state index < -0.39 is 18.4 Å². The molecule has 0 bridgehead atoms. The lowest BCUT2D eigenvalue weighted by atomic mass is 9.97. The summed E-state index contributed by atoms with van der Waals surface area (Å²) in [6, 6.07) is 16.8. The molecule has 0 amide bonds. The average molecular weight is 340 g/mol. The summed E-state index contributed by atoms with van der Waals surface area (Å²) in [6.07, 6.45) is 0.0162. The zero-order valence-electron chi connectivity index (χ0n) is 14.0. The van der Waals surface area contributed by atoms with Gasteiger partial charge in [-0.05, 0) is 49.1 Å². The van der Waals surface area contributed by atoms with E-state index in [2.05, 4.69) is 12.1 Å². The Hall–Kier alpha value is -2.82. The smallest absolute Gasteiger partial charge is 0.497 e. The number of rotatable bonds is 7. The molecule has 3 rings (SSSR count). The Bertz CT molecular complexity index is 724. The van der Waals surface area contributed by atoms with Crippen molar-refractivity contribution < 1.29 is 23.8 Å². The zero-order valence-corrected chi connectivity index (χ0v) is 14.0. The Morgan fingerprint density at radius 3 is 2.44 bits per heavy atom. The molecule has 5 heteroatoms. The number of benzene rings is 2. The highest BCUT2D eigenvalue weighted by molar-refractivity contribution is 6.01. The monoisotopic (exact) mass is 340 g/mol. The number of carbonyl (C=O) groups is 2. The first-order valence-electron chi connectivity index (χ1n) is 8.27. The third-order valence-electron chi connectivity index (χ3n) is 4.24. The van der Waals surface area contributed by atoms with E-state index in [0.717, 1.165) is 12.8 Å².